The summed E-state index contributed by atoms with van der Waals surface area (Å²) in [6.07, 6.45) is 10.0. The molecular weight excluding hydrogens is 310 g/mol. The molecule has 2 fully saturated rings. The van der Waals surface area contributed by atoms with Gasteiger partial charge in [-0.15, -0.1) is 0 Å². The van der Waals surface area contributed by atoms with Crippen LogP contribution in [-0.2, 0) is 4.79 Å². The van der Waals surface area contributed by atoms with Crippen LogP contribution in [0.4, 0.5) is 5.82 Å². The number of nitrogens with zero attached hydrogens (tertiary/aromatic N) is 2. The standard InChI is InChI=1S/C21H25N3O/c1-3-21-14-17(21)9-10-18(21)24(19-12-13-22-23-19)20(25)11-8-16-6-4-15(2)5-7-16/h4-8,11-13,17-18H,3,9-10,14H2,1-2H3,(H,22,23)/b11-8+. The molecule has 2 aliphatic rings. The van der Waals surface area contributed by atoms with Crippen LogP contribution in [-0.4, -0.2) is 22.1 Å². The van der Waals surface area contributed by atoms with Gasteiger partial charge in [-0.05, 0) is 55.6 Å². The number of aromatic amines is 1. The smallest absolute Gasteiger partial charge is 0.252 e. The van der Waals surface area contributed by atoms with Crippen LogP contribution in [0.5, 0.6) is 0 Å². The highest BCUT2D eigenvalue weighted by Crippen LogP contribution is 2.66. The number of carbonyl (C=O) groups excluding carboxylic acids is 1. The molecule has 0 aliphatic heterocycles. The van der Waals surface area contributed by atoms with Crippen LogP contribution in [0.25, 0.3) is 6.08 Å². The third-order valence-corrected chi connectivity index (χ3v) is 6.18. The van der Waals surface area contributed by atoms with Gasteiger partial charge in [0.25, 0.3) is 5.91 Å². The number of benzene rings is 1. The van der Waals surface area contributed by atoms with Crippen LogP contribution in [0.15, 0.2) is 42.6 Å². The van der Waals surface area contributed by atoms with E-state index >= 15 is 0 Å². The van der Waals surface area contributed by atoms with E-state index in [0.29, 0.717) is 5.41 Å². The molecule has 1 N–H and O–H groups in total. The van der Waals surface area contributed by atoms with Gasteiger partial charge in [0.1, 0.15) is 5.82 Å². The van der Waals surface area contributed by atoms with Gasteiger partial charge < -0.3 is 0 Å². The number of hydrogen-bond donors (Lipinski definition) is 1. The number of anilines is 1. The van der Waals surface area contributed by atoms with Gasteiger partial charge in [-0.3, -0.25) is 14.8 Å². The van der Waals surface area contributed by atoms with Crippen molar-refractivity contribution in [1.82, 2.24) is 10.2 Å². The summed E-state index contributed by atoms with van der Waals surface area (Å²) in [6, 6.07) is 10.4. The van der Waals surface area contributed by atoms with E-state index in [9.17, 15) is 4.79 Å². The minimum absolute atomic E-state index is 0.0372. The molecule has 1 aromatic carbocycles. The molecule has 1 heterocycles. The Kier molecular flexibility index (Phi) is 3.98. The van der Waals surface area contributed by atoms with E-state index in [-0.39, 0.29) is 11.9 Å². The zero-order valence-electron chi connectivity index (χ0n) is 14.9. The van der Waals surface area contributed by atoms with Crippen LogP contribution < -0.4 is 4.90 Å². The molecule has 2 saturated carbocycles. The SMILES string of the molecule is CCC12CC1CCC2N(C(=O)/C=C/c1ccc(C)cc1)c1ccn[nH]1. The molecule has 1 aromatic heterocycles. The van der Waals surface area contributed by atoms with Crippen LogP contribution >= 0.6 is 0 Å². The minimum atomic E-state index is 0.0372. The van der Waals surface area contributed by atoms with E-state index in [1.165, 1.54) is 18.4 Å². The molecule has 0 radical (unpaired) electrons. The number of nitrogens with one attached hydrogen (secondary N) is 1. The van der Waals surface area contributed by atoms with Crippen molar-refractivity contribution in [3.8, 4) is 0 Å². The van der Waals surface area contributed by atoms with E-state index in [4.69, 9.17) is 0 Å². The number of rotatable bonds is 5. The Hall–Kier alpha value is -2.36. The van der Waals surface area contributed by atoms with Gasteiger partial charge in [-0.1, -0.05) is 36.8 Å². The van der Waals surface area contributed by atoms with Gasteiger partial charge >= 0.3 is 0 Å². The highest BCUT2D eigenvalue weighted by molar-refractivity contribution is 6.04. The fourth-order valence-corrected chi connectivity index (χ4v) is 4.65. The summed E-state index contributed by atoms with van der Waals surface area (Å²) < 4.78 is 0. The summed E-state index contributed by atoms with van der Waals surface area (Å²) in [5.41, 5.74) is 2.58. The van der Waals surface area contributed by atoms with Gasteiger partial charge in [0.2, 0.25) is 0 Å². The molecule has 2 aromatic rings. The molecule has 1 amide bonds. The molecule has 4 nitrogen and oxygen atoms in total. The Bertz CT molecular complexity index is 774. The summed E-state index contributed by atoms with van der Waals surface area (Å²) in [7, 11) is 0. The number of hydrogen-bond acceptors (Lipinski definition) is 2. The van der Waals surface area contributed by atoms with Gasteiger partial charge in [0.15, 0.2) is 0 Å². The highest BCUT2D eigenvalue weighted by Gasteiger charge is 2.63. The van der Waals surface area contributed by atoms with Crippen molar-refractivity contribution in [1.29, 1.82) is 0 Å². The lowest BCUT2D eigenvalue weighted by atomic mass is 9.93. The Labute approximate surface area is 148 Å². The van der Waals surface area contributed by atoms with Crippen molar-refractivity contribution in [2.45, 2.75) is 45.6 Å². The van der Waals surface area contributed by atoms with E-state index < -0.39 is 0 Å². The molecule has 4 heteroatoms. The van der Waals surface area contributed by atoms with Crippen molar-refractivity contribution in [3.63, 3.8) is 0 Å². The van der Waals surface area contributed by atoms with E-state index in [1.807, 2.05) is 29.2 Å². The first-order valence-corrected chi connectivity index (χ1v) is 9.21. The maximum atomic E-state index is 13.1. The molecule has 2 aliphatic carbocycles. The molecule has 4 rings (SSSR count). The van der Waals surface area contributed by atoms with Crippen molar-refractivity contribution in [3.05, 3.63) is 53.7 Å². The molecule has 3 unspecified atom stereocenters. The van der Waals surface area contributed by atoms with Crippen LogP contribution in [0.3, 0.4) is 0 Å². The van der Waals surface area contributed by atoms with Gasteiger partial charge in [0.05, 0.1) is 6.20 Å². The van der Waals surface area contributed by atoms with Crippen LogP contribution in [0.2, 0.25) is 0 Å². The maximum Gasteiger partial charge on any atom is 0.252 e. The first kappa shape index (κ1) is 16.1. The highest BCUT2D eigenvalue weighted by atomic mass is 16.2. The first-order valence-electron chi connectivity index (χ1n) is 9.21. The normalized spacial score (nSPS) is 27.4. The zero-order valence-corrected chi connectivity index (χ0v) is 14.9. The summed E-state index contributed by atoms with van der Waals surface area (Å²) in [5, 5.41) is 7.07. The Morgan fingerprint density at radius 1 is 1.32 bits per heavy atom. The molecule has 0 spiro atoms. The lowest BCUT2D eigenvalue weighted by Crippen LogP contribution is -2.44. The molecule has 25 heavy (non-hydrogen) atoms. The number of aryl methyl sites for hydroxylation is 1. The van der Waals surface area contributed by atoms with Crippen molar-refractivity contribution < 1.29 is 4.79 Å². The fraction of sp³-hybridized carbons (Fsp3) is 0.429. The van der Waals surface area contributed by atoms with Crippen LogP contribution in [0, 0.1) is 18.3 Å². The topological polar surface area (TPSA) is 49.0 Å². The molecule has 0 saturated heterocycles. The third kappa shape index (κ3) is 2.80. The van der Waals surface area contributed by atoms with E-state index in [1.54, 1.807) is 12.3 Å². The summed E-state index contributed by atoms with van der Waals surface area (Å²) in [6.45, 7) is 4.32. The minimum Gasteiger partial charge on any atom is -0.290 e. The average molecular weight is 335 g/mol. The molecule has 0 bridgehead atoms. The van der Waals surface area contributed by atoms with Gasteiger partial charge in [-0.2, -0.15) is 5.10 Å². The Balaban J connectivity index is 1.60. The van der Waals surface area contributed by atoms with Crippen molar-refractivity contribution in [2.24, 2.45) is 11.3 Å². The van der Waals surface area contributed by atoms with Crippen molar-refractivity contribution in [2.75, 3.05) is 4.90 Å². The van der Waals surface area contributed by atoms with Crippen molar-refractivity contribution >= 4 is 17.8 Å². The largest absolute Gasteiger partial charge is 0.290 e. The summed E-state index contributed by atoms with van der Waals surface area (Å²) in [4.78, 5) is 15.0. The predicted molar refractivity (Wildman–Crippen MR) is 100 cm³/mol. The summed E-state index contributed by atoms with van der Waals surface area (Å²) in [5.74, 6) is 1.64. The quantitative estimate of drug-likeness (QED) is 0.826. The number of carbonyl (C=O) groups is 1. The number of H-pyrrole nitrogens is 1. The monoisotopic (exact) mass is 335 g/mol. The van der Waals surface area contributed by atoms with Crippen LogP contribution in [0.1, 0.15) is 43.7 Å². The van der Waals surface area contributed by atoms with Gasteiger partial charge in [0, 0.05) is 18.2 Å². The molecule has 130 valence electrons. The maximum absolute atomic E-state index is 13.1. The second kappa shape index (κ2) is 6.17. The zero-order chi connectivity index (χ0) is 17.4. The van der Waals surface area contributed by atoms with Gasteiger partial charge in [-0.25, -0.2) is 0 Å². The average Bonchev–Trinajstić information content (AvgIpc) is 2.96. The first-order chi connectivity index (χ1) is 12.1. The summed E-state index contributed by atoms with van der Waals surface area (Å²) >= 11 is 0. The molecular formula is C21H25N3O. The third-order valence-electron chi connectivity index (χ3n) is 6.18. The second-order valence-corrected chi connectivity index (χ2v) is 7.48. The fourth-order valence-electron chi connectivity index (χ4n) is 4.65. The lowest BCUT2D eigenvalue weighted by molar-refractivity contribution is -0.114. The number of fused-ring (bicyclic) bond motifs is 1. The number of aromatic nitrogens is 2. The van der Waals surface area contributed by atoms with E-state index in [2.05, 4.69) is 36.2 Å². The lowest BCUT2D eigenvalue weighted by Gasteiger charge is -2.33. The Morgan fingerprint density at radius 2 is 2.12 bits per heavy atom. The number of amides is 1. The van der Waals surface area contributed by atoms with E-state index in [0.717, 1.165) is 30.1 Å². The predicted octanol–water partition coefficient (Wildman–Crippen LogP) is 4.34. The Morgan fingerprint density at radius 3 is 2.76 bits per heavy atom. The molecule has 3 atom stereocenters. The second-order valence-electron chi connectivity index (χ2n) is 7.48.